The summed E-state index contributed by atoms with van der Waals surface area (Å²) in [7, 11) is 0. The van der Waals surface area contributed by atoms with Crippen LogP contribution in [-0.2, 0) is 6.61 Å². The van der Waals surface area contributed by atoms with Crippen molar-refractivity contribution in [1.29, 1.82) is 0 Å². The molecule has 2 aromatic carbocycles. The zero-order valence-corrected chi connectivity index (χ0v) is 12.2. The number of aromatic hydroxyl groups is 1. The Bertz CT molecular complexity index is 852. The molecule has 0 fully saturated rings. The monoisotopic (exact) mass is 292 g/mol. The van der Waals surface area contributed by atoms with E-state index in [-0.39, 0.29) is 12.4 Å². The number of phenols is 1. The minimum atomic E-state index is -0.204. The molecule has 4 heteroatoms. The van der Waals surface area contributed by atoms with E-state index in [1.807, 2.05) is 43.3 Å². The van der Waals surface area contributed by atoms with E-state index in [2.05, 4.69) is 9.98 Å². The van der Waals surface area contributed by atoms with Gasteiger partial charge in [-0.25, -0.2) is 0 Å². The van der Waals surface area contributed by atoms with Crippen LogP contribution in [0.4, 0.5) is 5.69 Å². The number of nitrogens with zero attached hydrogens (tertiary/aromatic N) is 2. The number of para-hydroxylation sites is 1. The van der Waals surface area contributed by atoms with Crippen LogP contribution in [-0.4, -0.2) is 21.4 Å². The second-order valence-electron chi connectivity index (χ2n) is 5.13. The molecule has 0 bridgehead atoms. The summed E-state index contributed by atoms with van der Waals surface area (Å²) in [6.45, 7) is 1.71. The number of pyridine rings is 1. The molecule has 0 aliphatic carbocycles. The zero-order chi connectivity index (χ0) is 15.5. The molecule has 0 aliphatic rings. The Morgan fingerprint density at radius 3 is 2.82 bits per heavy atom. The van der Waals surface area contributed by atoms with E-state index in [0.717, 1.165) is 22.2 Å². The third-order valence-corrected chi connectivity index (χ3v) is 3.49. The molecule has 0 radical (unpaired) electrons. The highest BCUT2D eigenvalue weighted by atomic mass is 16.3. The number of aliphatic hydroxyl groups is 1. The molecule has 110 valence electrons. The first-order chi connectivity index (χ1) is 10.7. The van der Waals surface area contributed by atoms with E-state index in [1.165, 1.54) is 0 Å². The predicted molar refractivity (Wildman–Crippen MR) is 87.8 cm³/mol. The lowest BCUT2D eigenvalue weighted by molar-refractivity contribution is 0.275. The van der Waals surface area contributed by atoms with Gasteiger partial charge in [0, 0.05) is 28.9 Å². The number of hydrogen-bond acceptors (Lipinski definition) is 4. The number of aryl methyl sites for hydroxylation is 1. The maximum Gasteiger partial charge on any atom is 0.129 e. The van der Waals surface area contributed by atoms with Crippen molar-refractivity contribution in [3.05, 3.63) is 65.4 Å². The summed E-state index contributed by atoms with van der Waals surface area (Å²) in [4.78, 5) is 8.80. The van der Waals surface area contributed by atoms with Crippen LogP contribution in [0.5, 0.6) is 5.75 Å². The van der Waals surface area contributed by atoms with Crippen molar-refractivity contribution >= 4 is 22.8 Å². The van der Waals surface area contributed by atoms with Crippen molar-refractivity contribution in [3.8, 4) is 5.75 Å². The number of rotatable bonds is 3. The third-order valence-electron chi connectivity index (χ3n) is 3.49. The van der Waals surface area contributed by atoms with Crippen LogP contribution >= 0.6 is 0 Å². The van der Waals surface area contributed by atoms with Gasteiger partial charge in [-0.05, 0) is 30.7 Å². The molecular formula is C18H16N2O2. The van der Waals surface area contributed by atoms with E-state index in [0.29, 0.717) is 11.1 Å². The normalized spacial score (nSPS) is 11.4. The molecule has 1 aromatic heterocycles. The van der Waals surface area contributed by atoms with E-state index in [9.17, 15) is 10.2 Å². The fourth-order valence-electron chi connectivity index (χ4n) is 2.43. The highest BCUT2D eigenvalue weighted by Crippen LogP contribution is 2.26. The first-order valence-electron chi connectivity index (χ1n) is 7.00. The largest absolute Gasteiger partial charge is 0.507 e. The van der Waals surface area contributed by atoms with Crippen LogP contribution in [0.3, 0.4) is 0 Å². The summed E-state index contributed by atoms with van der Waals surface area (Å²) in [6, 6.07) is 13.2. The van der Waals surface area contributed by atoms with Gasteiger partial charge in [0.2, 0.25) is 0 Å². The van der Waals surface area contributed by atoms with Crippen LogP contribution in [0, 0.1) is 6.92 Å². The third kappa shape index (κ3) is 2.69. The SMILES string of the molecule is Cc1cc(C=Nc2cccc3cccnc23)c(O)c(CO)c1. The van der Waals surface area contributed by atoms with Crippen molar-refractivity contribution in [2.24, 2.45) is 4.99 Å². The van der Waals surface area contributed by atoms with Crippen molar-refractivity contribution in [2.75, 3.05) is 0 Å². The topological polar surface area (TPSA) is 65.7 Å². The van der Waals surface area contributed by atoms with Crippen LogP contribution in [0.25, 0.3) is 10.9 Å². The summed E-state index contributed by atoms with van der Waals surface area (Å²) < 4.78 is 0. The maximum atomic E-state index is 10.1. The lowest BCUT2D eigenvalue weighted by atomic mass is 10.1. The summed E-state index contributed by atoms with van der Waals surface area (Å²) in [5, 5.41) is 20.4. The minimum Gasteiger partial charge on any atom is -0.507 e. The molecule has 2 N–H and O–H groups in total. The summed E-state index contributed by atoms with van der Waals surface area (Å²) in [6.07, 6.45) is 3.33. The van der Waals surface area contributed by atoms with E-state index < -0.39 is 0 Å². The Balaban J connectivity index is 2.05. The Hall–Kier alpha value is -2.72. The van der Waals surface area contributed by atoms with Crippen molar-refractivity contribution < 1.29 is 10.2 Å². The molecular weight excluding hydrogens is 276 g/mol. The predicted octanol–water partition coefficient (Wildman–Crippen LogP) is 3.49. The number of aliphatic imine (C=N–C) groups is 1. The Labute approximate surface area is 128 Å². The van der Waals surface area contributed by atoms with E-state index >= 15 is 0 Å². The smallest absolute Gasteiger partial charge is 0.129 e. The fourth-order valence-corrected chi connectivity index (χ4v) is 2.43. The van der Waals surface area contributed by atoms with E-state index in [4.69, 9.17) is 0 Å². The number of aliphatic hydroxyl groups excluding tert-OH is 1. The zero-order valence-electron chi connectivity index (χ0n) is 12.2. The molecule has 0 unspecified atom stereocenters. The average molecular weight is 292 g/mol. The second-order valence-corrected chi connectivity index (χ2v) is 5.13. The lowest BCUT2D eigenvalue weighted by Gasteiger charge is -2.07. The van der Waals surface area contributed by atoms with Gasteiger partial charge in [-0.3, -0.25) is 9.98 Å². The van der Waals surface area contributed by atoms with Gasteiger partial charge in [0.25, 0.3) is 0 Å². The minimum absolute atomic E-state index is 0.0602. The Kier molecular flexibility index (Phi) is 3.85. The lowest BCUT2D eigenvalue weighted by Crippen LogP contribution is -1.92. The molecule has 1 heterocycles. The molecule has 0 atom stereocenters. The molecule has 0 saturated carbocycles. The maximum absolute atomic E-state index is 10.1. The highest BCUT2D eigenvalue weighted by Gasteiger charge is 2.07. The molecule has 4 nitrogen and oxygen atoms in total. The number of hydrogen-bond donors (Lipinski definition) is 2. The molecule has 3 aromatic rings. The number of aromatic nitrogens is 1. The molecule has 3 rings (SSSR count). The standard InChI is InChI=1S/C18H16N2O2/c1-12-8-14(18(22)15(9-12)11-21)10-20-16-6-2-4-13-5-3-7-19-17(13)16/h2-10,21-22H,11H2,1H3. The van der Waals surface area contributed by atoms with Crippen LogP contribution in [0.1, 0.15) is 16.7 Å². The van der Waals surface area contributed by atoms with Gasteiger partial charge < -0.3 is 10.2 Å². The van der Waals surface area contributed by atoms with Gasteiger partial charge in [0.1, 0.15) is 5.75 Å². The second kappa shape index (κ2) is 5.95. The molecule has 0 saturated heterocycles. The highest BCUT2D eigenvalue weighted by molar-refractivity contribution is 5.93. The Morgan fingerprint density at radius 2 is 2.00 bits per heavy atom. The van der Waals surface area contributed by atoms with Crippen molar-refractivity contribution in [1.82, 2.24) is 4.98 Å². The fraction of sp³-hybridized carbons (Fsp3) is 0.111. The summed E-state index contributed by atoms with van der Waals surface area (Å²) in [5.74, 6) is 0.0602. The van der Waals surface area contributed by atoms with Crippen LogP contribution in [0.2, 0.25) is 0 Å². The van der Waals surface area contributed by atoms with Gasteiger partial charge >= 0.3 is 0 Å². The van der Waals surface area contributed by atoms with E-state index in [1.54, 1.807) is 18.5 Å². The van der Waals surface area contributed by atoms with Crippen molar-refractivity contribution in [3.63, 3.8) is 0 Å². The van der Waals surface area contributed by atoms with Crippen LogP contribution in [0.15, 0.2) is 53.7 Å². The van der Waals surface area contributed by atoms with Crippen LogP contribution < -0.4 is 0 Å². The number of fused-ring (bicyclic) bond motifs is 1. The molecule has 0 spiro atoms. The number of benzene rings is 2. The molecule has 0 amide bonds. The first-order valence-corrected chi connectivity index (χ1v) is 7.00. The van der Waals surface area contributed by atoms with Crippen molar-refractivity contribution in [2.45, 2.75) is 13.5 Å². The summed E-state index contributed by atoms with van der Waals surface area (Å²) >= 11 is 0. The quantitative estimate of drug-likeness (QED) is 0.726. The Morgan fingerprint density at radius 1 is 1.18 bits per heavy atom. The first kappa shape index (κ1) is 14.2. The van der Waals surface area contributed by atoms with Gasteiger partial charge in [-0.2, -0.15) is 0 Å². The molecule has 22 heavy (non-hydrogen) atoms. The average Bonchev–Trinajstić information content (AvgIpc) is 2.55. The van der Waals surface area contributed by atoms with Gasteiger partial charge in [0.15, 0.2) is 0 Å². The van der Waals surface area contributed by atoms with Gasteiger partial charge in [0.05, 0.1) is 17.8 Å². The van der Waals surface area contributed by atoms with Gasteiger partial charge in [-0.15, -0.1) is 0 Å². The summed E-state index contributed by atoms with van der Waals surface area (Å²) in [5.41, 5.74) is 3.59. The molecule has 0 aliphatic heterocycles. The van der Waals surface area contributed by atoms with Gasteiger partial charge in [-0.1, -0.05) is 24.3 Å².